The van der Waals surface area contributed by atoms with Crippen LogP contribution in [0.3, 0.4) is 0 Å². The molecule has 1 atom stereocenters. The number of hydrogen-bond donors (Lipinski definition) is 1. The molecule has 0 bridgehead atoms. The number of amides is 1. The van der Waals surface area contributed by atoms with E-state index in [1.54, 1.807) is 12.1 Å². The lowest BCUT2D eigenvalue weighted by Crippen LogP contribution is -2.37. The monoisotopic (exact) mass is 468 g/mol. The van der Waals surface area contributed by atoms with Crippen molar-refractivity contribution in [1.29, 1.82) is 0 Å². The van der Waals surface area contributed by atoms with E-state index in [0.29, 0.717) is 17.0 Å². The number of rotatable bonds is 10. The molecule has 33 heavy (non-hydrogen) atoms. The minimum absolute atomic E-state index is 0.00754. The van der Waals surface area contributed by atoms with Crippen LogP contribution in [0.4, 0.5) is 5.69 Å². The molecule has 1 N–H and O–H groups in total. The number of sulfonamides is 1. The van der Waals surface area contributed by atoms with Gasteiger partial charge >= 0.3 is 0 Å². The molecule has 0 fully saturated rings. The van der Waals surface area contributed by atoms with Crippen molar-refractivity contribution >= 4 is 27.4 Å². The first-order valence-corrected chi connectivity index (χ1v) is 12.2. The molecule has 0 unspecified atom stereocenters. The van der Waals surface area contributed by atoms with Crippen LogP contribution in [0, 0.1) is 0 Å². The normalized spacial score (nSPS) is 12.5. The Hall–Kier alpha value is -3.23. The van der Waals surface area contributed by atoms with Gasteiger partial charge in [-0.25, -0.2) is 8.42 Å². The third-order valence-corrected chi connectivity index (χ3v) is 7.31. The molecule has 1 heterocycles. The molecule has 7 nitrogen and oxygen atoms in total. The van der Waals surface area contributed by atoms with Gasteiger partial charge in [0.25, 0.3) is 0 Å². The molecular weight excluding hydrogens is 440 g/mol. The summed E-state index contributed by atoms with van der Waals surface area (Å²) in [4.78, 5) is 24.5. The first-order chi connectivity index (χ1) is 15.7. The lowest BCUT2D eigenvalue weighted by Gasteiger charge is -2.22. The van der Waals surface area contributed by atoms with E-state index >= 15 is 0 Å². The average molecular weight is 469 g/mol. The zero-order valence-corrected chi connectivity index (χ0v) is 19.8. The highest BCUT2D eigenvalue weighted by Gasteiger charge is 2.28. The Bertz CT molecular complexity index is 1200. The molecule has 2 aromatic carbocycles. The minimum Gasteiger partial charge on any atom is -0.468 e. The van der Waals surface area contributed by atoms with Gasteiger partial charge in [0.05, 0.1) is 24.2 Å². The van der Waals surface area contributed by atoms with Crippen molar-refractivity contribution in [2.75, 3.05) is 11.9 Å². The average Bonchev–Trinajstić information content (AvgIpc) is 3.31. The summed E-state index contributed by atoms with van der Waals surface area (Å²) in [7, 11) is -4.04. The maximum Gasteiger partial charge on any atom is 0.243 e. The number of hydrogen-bond acceptors (Lipinski definition) is 5. The van der Waals surface area contributed by atoms with E-state index in [2.05, 4.69) is 19.2 Å². The summed E-state index contributed by atoms with van der Waals surface area (Å²) in [5, 5.41) is 2.86. The number of ketones is 1. The molecule has 0 aliphatic carbocycles. The highest BCUT2D eigenvalue weighted by Crippen LogP contribution is 2.27. The zero-order valence-electron chi connectivity index (χ0n) is 18.9. The van der Waals surface area contributed by atoms with Crippen LogP contribution < -0.4 is 5.32 Å². The van der Waals surface area contributed by atoms with Crippen molar-refractivity contribution in [3.8, 4) is 0 Å². The van der Waals surface area contributed by atoms with Crippen LogP contribution in [0.25, 0.3) is 0 Å². The number of furan rings is 1. The van der Waals surface area contributed by atoms with E-state index in [-0.39, 0.29) is 23.1 Å². The van der Waals surface area contributed by atoms with E-state index in [0.717, 1.165) is 16.3 Å². The minimum atomic E-state index is -4.04. The van der Waals surface area contributed by atoms with E-state index in [9.17, 15) is 18.0 Å². The molecule has 0 saturated heterocycles. The summed E-state index contributed by atoms with van der Waals surface area (Å²) in [6.07, 6.45) is 2.35. The predicted octanol–water partition coefficient (Wildman–Crippen LogP) is 4.83. The lowest BCUT2D eigenvalue weighted by atomic mass is 9.97. The highest BCUT2D eigenvalue weighted by molar-refractivity contribution is 7.89. The number of carbonyl (C=O) groups excluding carboxylic acids is 2. The van der Waals surface area contributed by atoms with Crippen molar-refractivity contribution in [2.24, 2.45) is 0 Å². The number of Topliss-reactive ketones (excluding diaryl/α,β-unsaturated/α-hetero) is 1. The van der Waals surface area contributed by atoms with Crippen molar-refractivity contribution < 1.29 is 22.4 Å². The number of anilines is 1. The number of benzene rings is 2. The number of para-hydroxylation sites is 1. The third kappa shape index (κ3) is 5.97. The first kappa shape index (κ1) is 24.4. The quantitative estimate of drug-likeness (QED) is 0.430. The SMILES string of the molecule is CC[C@H](C)c1ccccc1NC(=O)CN(Cc1ccco1)S(=O)(=O)c1ccc(C(C)=O)cc1. The molecule has 0 saturated carbocycles. The summed E-state index contributed by atoms with van der Waals surface area (Å²) in [6.45, 7) is 5.05. The van der Waals surface area contributed by atoms with Crippen molar-refractivity contribution in [3.63, 3.8) is 0 Å². The topological polar surface area (TPSA) is 96.7 Å². The molecule has 0 radical (unpaired) electrons. The molecule has 3 aromatic rings. The van der Waals surface area contributed by atoms with Crippen LogP contribution in [0.1, 0.15) is 54.8 Å². The fourth-order valence-corrected chi connectivity index (χ4v) is 4.79. The fourth-order valence-electron chi connectivity index (χ4n) is 3.42. The summed E-state index contributed by atoms with van der Waals surface area (Å²) in [5.74, 6) is 0.0305. The van der Waals surface area contributed by atoms with Gasteiger partial charge in [-0.2, -0.15) is 4.31 Å². The molecule has 8 heteroatoms. The van der Waals surface area contributed by atoms with Gasteiger partial charge in [0.1, 0.15) is 5.76 Å². The van der Waals surface area contributed by atoms with Gasteiger partial charge in [-0.3, -0.25) is 9.59 Å². The van der Waals surface area contributed by atoms with Crippen molar-refractivity contribution in [1.82, 2.24) is 4.31 Å². The summed E-state index contributed by atoms with van der Waals surface area (Å²) in [5.41, 5.74) is 2.07. The fraction of sp³-hybridized carbons (Fsp3) is 0.280. The maximum absolute atomic E-state index is 13.4. The van der Waals surface area contributed by atoms with Gasteiger partial charge in [0.15, 0.2) is 5.78 Å². The first-order valence-electron chi connectivity index (χ1n) is 10.7. The second-order valence-electron chi connectivity index (χ2n) is 7.88. The second-order valence-corrected chi connectivity index (χ2v) is 9.82. The number of nitrogens with zero attached hydrogens (tertiary/aromatic N) is 1. The molecule has 1 amide bonds. The Morgan fingerprint density at radius 1 is 1.03 bits per heavy atom. The van der Waals surface area contributed by atoms with Crippen LogP contribution in [0.15, 0.2) is 76.2 Å². The van der Waals surface area contributed by atoms with Crippen LogP contribution in [0.2, 0.25) is 0 Å². The molecule has 0 aliphatic heterocycles. The van der Waals surface area contributed by atoms with Crippen molar-refractivity contribution in [2.45, 2.75) is 44.6 Å². The van der Waals surface area contributed by atoms with Crippen LogP contribution in [0.5, 0.6) is 0 Å². The Morgan fingerprint density at radius 3 is 2.33 bits per heavy atom. The van der Waals surface area contributed by atoms with Gasteiger partial charge < -0.3 is 9.73 Å². The van der Waals surface area contributed by atoms with Gasteiger partial charge in [-0.1, -0.05) is 44.2 Å². The summed E-state index contributed by atoms with van der Waals surface area (Å²) >= 11 is 0. The Labute approximate surface area is 194 Å². The second kappa shape index (κ2) is 10.6. The summed E-state index contributed by atoms with van der Waals surface area (Å²) < 4.78 is 33.1. The van der Waals surface area contributed by atoms with Crippen LogP contribution >= 0.6 is 0 Å². The largest absolute Gasteiger partial charge is 0.468 e. The summed E-state index contributed by atoms with van der Waals surface area (Å²) in [6, 6.07) is 16.5. The number of carbonyl (C=O) groups is 2. The van der Waals surface area contributed by atoms with E-state index in [1.165, 1.54) is 37.5 Å². The van der Waals surface area contributed by atoms with Crippen molar-refractivity contribution in [3.05, 3.63) is 83.8 Å². The van der Waals surface area contributed by atoms with Crippen LogP contribution in [-0.4, -0.2) is 31.0 Å². The Morgan fingerprint density at radius 2 is 1.73 bits per heavy atom. The Balaban J connectivity index is 1.87. The highest BCUT2D eigenvalue weighted by atomic mass is 32.2. The smallest absolute Gasteiger partial charge is 0.243 e. The molecule has 0 spiro atoms. The van der Waals surface area contributed by atoms with E-state index in [1.807, 2.05) is 24.3 Å². The molecule has 0 aliphatic rings. The molecule has 3 rings (SSSR count). The molecule has 1 aromatic heterocycles. The maximum atomic E-state index is 13.4. The molecule has 174 valence electrons. The van der Waals surface area contributed by atoms with Crippen LogP contribution in [-0.2, 0) is 21.4 Å². The van der Waals surface area contributed by atoms with E-state index in [4.69, 9.17) is 4.42 Å². The number of nitrogens with one attached hydrogen (secondary N) is 1. The standard InChI is InChI=1S/C25H28N2O5S/c1-4-18(2)23-9-5-6-10-24(23)26-25(29)17-27(16-21-8-7-15-32-21)33(30,31)22-13-11-20(12-14-22)19(3)28/h5-15,18H,4,16-17H2,1-3H3,(H,26,29)/t18-/m0/s1. The Kier molecular flexibility index (Phi) is 7.84. The van der Waals surface area contributed by atoms with Gasteiger partial charge in [-0.05, 0) is 55.2 Å². The van der Waals surface area contributed by atoms with Gasteiger partial charge in [-0.15, -0.1) is 0 Å². The molecular formula is C25H28N2O5S. The lowest BCUT2D eigenvalue weighted by molar-refractivity contribution is -0.116. The predicted molar refractivity (Wildman–Crippen MR) is 127 cm³/mol. The van der Waals surface area contributed by atoms with Gasteiger partial charge in [0, 0.05) is 11.3 Å². The van der Waals surface area contributed by atoms with Gasteiger partial charge in [0.2, 0.25) is 15.9 Å². The zero-order chi connectivity index (χ0) is 24.0. The van der Waals surface area contributed by atoms with E-state index < -0.39 is 22.5 Å². The third-order valence-electron chi connectivity index (χ3n) is 5.51.